The van der Waals surface area contributed by atoms with E-state index in [-0.39, 0.29) is 11.7 Å². The van der Waals surface area contributed by atoms with E-state index in [2.05, 4.69) is 12.1 Å². The van der Waals surface area contributed by atoms with E-state index in [4.69, 9.17) is 11.6 Å². The van der Waals surface area contributed by atoms with Crippen molar-refractivity contribution >= 4 is 17.4 Å². The van der Waals surface area contributed by atoms with Crippen LogP contribution < -0.4 is 0 Å². The van der Waals surface area contributed by atoms with Gasteiger partial charge in [0.1, 0.15) is 0 Å². The Kier molecular flexibility index (Phi) is 2.92. The Bertz CT molecular complexity index is 561. The van der Waals surface area contributed by atoms with Crippen molar-refractivity contribution in [2.24, 2.45) is 5.92 Å². The summed E-state index contributed by atoms with van der Waals surface area (Å²) in [6.07, 6.45) is 1.72. The molecule has 0 bridgehead atoms. The Morgan fingerprint density at radius 3 is 2.06 bits per heavy atom. The molecule has 1 nitrogen and oxygen atoms in total. The van der Waals surface area contributed by atoms with Gasteiger partial charge in [-0.15, -0.1) is 0 Å². The number of carbonyl (C=O) groups excluding carboxylic acids is 1. The molecule has 0 saturated carbocycles. The second-order valence-corrected chi connectivity index (χ2v) is 5.18. The topological polar surface area (TPSA) is 17.1 Å². The maximum Gasteiger partial charge on any atom is 0.166 e. The molecule has 0 heterocycles. The number of fused-ring (bicyclic) bond motifs is 1. The van der Waals surface area contributed by atoms with E-state index in [1.807, 2.05) is 24.3 Å². The van der Waals surface area contributed by atoms with Crippen LogP contribution in [0.1, 0.15) is 21.5 Å². The first-order valence-corrected chi connectivity index (χ1v) is 6.48. The van der Waals surface area contributed by atoms with Gasteiger partial charge in [-0.2, -0.15) is 0 Å². The van der Waals surface area contributed by atoms with Crippen molar-refractivity contribution in [2.45, 2.75) is 12.8 Å². The van der Waals surface area contributed by atoms with Gasteiger partial charge in [-0.1, -0.05) is 35.9 Å². The Balaban J connectivity index is 1.82. The molecule has 18 heavy (non-hydrogen) atoms. The normalized spacial score (nSPS) is 14.5. The first kappa shape index (κ1) is 11.5. The number of carbonyl (C=O) groups is 1. The molecule has 0 radical (unpaired) electrons. The van der Waals surface area contributed by atoms with Gasteiger partial charge in [-0.25, -0.2) is 0 Å². The van der Waals surface area contributed by atoms with Crippen LogP contribution in [0, 0.1) is 5.92 Å². The maximum absolute atomic E-state index is 12.4. The van der Waals surface area contributed by atoms with Crippen LogP contribution in [0.2, 0.25) is 5.02 Å². The molecule has 0 N–H and O–H groups in total. The van der Waals surface area contributed by atoms with Crippen molar-refractivity contribution in [3.8, 4) is 0 Å². The van der Waals surface area contributed by atoms with Crippen molar-refractivity contribution in [3.05, 3.63) is 70.2 Å². The van der Waals surface area contributed by atoms with E-state index in [1.165, 1.54) is 11.1 Å². The molecular formula is C16H13ClO. The fraction of sp³-hybridized carbons (Fsp3) is 0.188. The Morgan fingerprint density at radius 1 is 0.944 bits per heavy atom. The molecule has 0 atom stereocenters. The van der Waals surface area contributed by atoms with Gasteiger partial charge >= 0.3 is 0 Å². The zero-order chi connectivity index (χ0) is 12.5. The molecule has 1 aliphatic rings. The van der Waals surface area contributed by atoms with Gasteiger partial charge in [0.15, 0.2) is 5.78 Å². The van der Waals surface area contributed by atoms with Gasteiger partial charge in [-0.05, 0) is 48.2 Å². The molecule has 2 heteroatoms. The number of halogens is 1. The summed E-state index contributed by atoms with van der Waals surface area (Å²) in [5, 5.41) is 0.668. The third-order valence-electron chi connectivity index (χ3n) is 3.55. The van der Waals surface area contributed by atoms with Crippen LogP contribution in [0.15, 0.2) is 48.5 Å². The molecule has 2 aromatic carbocycles. The summed E-state index contributed by atoms with van der Waals surface area (Å²) in [5.41, 5.74) is 3.38. The van der Waals surface area contributed by atoms with Crippen LogP contribution in [0.3, 0.4) is 0 Å². The van der Waals surface area contributed by atoms with Gasteiger partial charge in [0, 0.05) is 16.5 Å². The molecule has 1 aliphatic carbocycles. The number of benzene rings is 2. The average Bonchev–Trinajstić information content (AvgIpc) is 2.82. The molecule has 0 saturated heterocycles. The summed E-state index contributed by atoms with van der Waals surface area (Å²) >= 11 is 5.84. The lowest BCUT2D eigenvalue weighted by Gasteiger charge is -2.07. The highest BCUT2D eigenvalue weighted by molar-refractivity contribution is 6.30. The summed E-state index contributed by atoms with van der Waals surface area (Å²) in [6, 6.07) is 15.5. The SMILES string of the molecule is O=C(c1ccc(Cl)cc1)C1Cc2ccccc2C1. The van der Waals surface area contributed by atoms with Crippen LogP contribution in [0.4, 0.5) is 0 Å². The molecule has 0 fully saturated rings. The van der Waals surface area contributed by atoms with Crippen molar-refractivity contribution < 1.29 is 4.79 Å². The van der Waals surface area contributed by atoms with Crippen molar-refractivity contribution in [1.82, 2.24) is 0 Å². The van der Waals surface area contributed by atoms with E-state index in [1.54, 1.807) is 12.1 Å². The van der Waals surface area contributed by atoms with E-state index in [9.17, 15) is 4.79 Å². The van der Waals surface area contributed by atoms with E-state index in [0.717, 1.165) is 18.4 Å². The van der Waals surface area contributed by atoms with Crippen molar-refractivity contribution in [2.75, 3.05) is 0 Å². The highest BCUT2D eigenvalue weighted by Crippen LogP contribution is 2.29. The largest absolute Gasteiger partial charge is 0.294 e. The van der Waals surface area contributed by atoms with Crippen LogP contribution in [-0.4, -0.2) is 5.78 Å². The Hall–Kier alpha value is -1.60. The average molecular weight is 257 g/mol. The fourth-order valence-corrected chi connectivity index (χ4v) is 2.72. The standard InChI is InChI=1S/C16H13ClO/c17-15-7-5-11(6-8-15)16(18)14-9-12-3-1-2-4-13(12)10-14/h1-8,14H,9-10H2. The zero-order valence-electron chi connectivity index (χ0n) is 9.90. The minimum atomic E-state index is 0.0866. The van der Waals surface area contributed by atoms with Crippen LogP contribution in [-0.2, 0) is 12.8 Å². The van der Waals surface area contributed by atoms with Crippen LogP contribution in [0.5, 0.6) is 0 Å². The van der Waals surface area contributed by atoms with Crippen molar-refractivity contribution in [1.29, 1.82) is 0 Å². The maximum atomic E-state index is 12.4. The first-order chi connectivity index (χ1) is 8.74. The fourth-order valence-electron chi connectivity index (χ4n) is 2.59. The van der Waals surface area contributed by atoms with E-state index < -0.39 is 0 Å². The monoisotopic (exact) mass is 256 g/mol. The lowest BCUT2D eigenvalue weighted by Crippen LogP contribution is -2.14. The summed E-state index contributed by atoms with van der Waals surface area (Å²) in [4.78, 5) is 12.4. The van der Waals surface area contributed by atoms with Gasteiger partial charge in [0.25, 0.3) is 0 Å². The summed E-state index contributed by atoms with van der Waals surface area (Å²) in [5.74, 6) is 0.312. The number of hydrogen-bond acceptors (Lipinski definition) is 1. The molecular weight excluding hydrogens is 244 g/mol. The molecule has 0 spiro atoms. The highest BCUT2D eigenvalue weighted by Gasteiger charge is 2.27. The Labute approximate surface area is 111 Å². The third-order valence-corrected chi connectivity index (χ3v) is 3.80. The van der Waals surface area contributed by atoms with Gasteiger partial charge in [0.2, 0.25) is 0 Å². The first-order valence-electron chi connectivity index (χ1n) is 6.10. The number of Topliss-reactive ketones (excluding diaryl/α,β-unsaturated/α-hetero) is 1. The lowest BCUT2D eigenvalue weighted by molar-refractivity contribution is 0.0925. The molecule has 90 valence electrons. The second kappa shape index (κ2) is 4.58. The Morgan fingerprint density at radius 2 is 1.50 bits per heavy atom. The predicted molar refractivity (Wildman–Crippen MR) is 73.1 cm³/mol. The molecule has 2 aromatic rings. The highest BCUT2D eigenvalue weighted by atomic mass is 35.5. The molecule has 0 aromatic heterocycles. The summed E-state index contributed by atoms with van der Waals surface area (Å²) < 4.78 is 0. The molecule has 0 aliphatic heterocycles. The van der Waals surface area contributed by atoms with Gasteiger partial charge in [-0.3, -0.25) is 4.79 Å². The molecule has 0 unspecified atom stereocenters. The van der Waals surface area contributed by atoms with Gasteiger partial charge < -0.3 is 0 Å². The minimum absolute atomic E-state index is 0.0866. The van der Waals surface area contributed by atoms with Gasteiger partial charge in [0.05, 0.1) is 0 Å². The molecule has 3 rings (SSSR count). The van der Waals surface area contributed by atoms with E-state index >= 15 is 0 Å². The van der Waals surface area contributed by atoms with Crippen molar-refractivity contribution in [3.63, 3.8) is 0 Å². The quantitative estimate of drug-likeness (QED) is 0.744. The predicted octanol–water partition coefficient (Wildman–Crippen LogP) is 3.94. The van der Waals surface area contributed by atoms with Crippen LogP contribution in [0.25, 0.3) is 0 Å². The van der Waals surface area contributed by atoms with Crippen LogP contribution >= 0.6 is 11.6 Å². The minimum Gasteiger partial charge on any atom is -0.294 e. The molecule has 0 amide bonds. The summed E-state index contributed by atoms with van der Waals surface area (Å²) in [6.45, 7) is 0. The number of hydrogen-bond donors (Lipinski definition) is 0. The smallest absolute Gasteiger partial charge is 0.166 e. The van der Waals surface area contributed by atoms with E-state index in [0.29, 0.717) is 5.02 Å². The lowest BCUT2D eigenvalue weighted by atomic mass is 9.95. The summed E-state index contributed by atoms with van der Waals surface area (Å²) in [7, 11) is 0. The third kappa shape index (κ3) is 2.06. The second-order valence-electron chi connectivity index (χ2n) is 4.75. The number of ketones is 1. The zero-order valence-corrected chi connectivity index (χ0v) is 10.7. The number of rotatable bonds is 2.